The maximum atomic E-state index is 12.7. The molecule has 1 aliphatic rings. The van der Waals surface area contributed by atoms with Crippen molar-refractivity contribution in [3.63, 3.8) is 0 Å². The van der Waals surface area contributed by atoms with E-state index in [2.05, 4.69) is 26.2 Å². The van der Waals surface area contributed by atoms with Crippen LogP contribution in [-0.4, -0.2) is 62.6 Å². The van der Waals surface area contributed by atoms with Crippen LogP contribution in [0.1, 0.15) is 33.1 Å². The number of amides is 1. The van der Waals surface area contributed by atoms with Crippen molar-refractivity contribution in [3.8, 4) is 0 Å². The van der Waals surface area contributed by atoms with Crippen LogP contribution >= 0.6 is 11.3 Å². The van der Waals surface area contributed by atoms with Gasteiger partial charge < -0.3 is 4.90 Å². The second-order valence-corrected chi connectivity index (χ2v) is 8.00. The van der Waals surface area contributed by atoms with Gasteiger partial charge in [-0.05, 0) is 13.0 Å². The van der Waals surface area contributed by atoms with E-state index in [0.29, 0.717) is 5.92 Å². The Bertz CT molecular complexity index is 946. The average molecular weight is 370 g/mol. The summed E-state index contributed by atoms with van der Waals surface area (Å²) in [4.78, 5) is 27.4. The van der Waals surface area contributed by atoms with E-state index >= 15 is 0 Å². The molecule has 0 radical (unpaired) electrons. The number of aromatic nitrogens is 4. The van der Waals surface area contributed by atoms with Crippen LogP contribution < -0.4 is 0 Å². The summed E-state index contributed by atoms with van der Waals surface area (Å²) in [6.07, 6.45) is 8.40. The molecule has 3 aromatic heterocycles. The maximum absolute atomic E-state index is 12.7. The van der Waals surface area contributed by atoms with Crippen LogP contribution in [0.3, 0.4) is 0 Å². The monoisotopic (exact) mass is 370 g/mol. The van der Waals surface area contributed by atoms with Crippen molar-refractivity contribution in [2.24, 2.45) is 7.05 Å². The fraction of sp³-hybridized carbons (Fsp3) is 0.444. The maximum Gasteiger partial charge on any atom is 0.263 e. The molecular weight excluding hydrogens is 348 g/mol. The normalized spacial score (nSPS) is 17.9. The van der Waals surface area contributed by atoms with E-state index in [9.17, 15) is 4.79 Å². The largest absolute Gasteiger partial charge is 0.344 e. The fourth-order valence-corrected chi connectivity index (χ4v) is 4.82. The summed E-state index contributed by atoms with van der Waals surface area (Å²) in [6, 6.07) is 0. The van der Waals surface area contributed by atoms with Crippen molar-refractivity contribution >= 4 is 27.6 Å². The Hall–Kier alpha value is -2.32. The second-order valence-electron chi connectivity index (χ2n) is 7.00. The van der Waals surface area contributed by atoms with E-state index in [-0.39, 0.29) is 5.91 Å². The number of carbonyl (C=O) groups excluding carboxylic acids is 1. The van der Waals surface area contributed by atoms with Gasteiger partial charge in [0.25, 0.3) is 5.91 Å². The van der Waals surface area contributed by atoms with Crippen LogP contribution in [0.25, 0.3) is 10.3 Å². The molecule has 7 nitrogen and oxygen atoms in total. The standard InChI is InChI=1S/C18H22N6OS/c1-22(2)18(25)16-14(15-17(26-16)20-6-5-19-15)13-4-7-24(11-13)10-12-8-21-23(3)9-12/h5-6,8-9,13H,4,7,10-11H2,1-3H3. The molecule has 1 aliphatic heterocycles. The van der Waals surface area contributed by atoms with Gasteiger partial charge in [-0.1, -0.05) is 0 Å². The zero-order valence-corrected chi connectivity index (χ0v) is 16.0. The lowest BCUT2D eigenvalue weighted by atomic mass is 9.97. The van der Waals surface area contributed by atoms with E-state index in [1.807, 2.05) is 17.9 Å². The number of hydrogen-bond acceptors (Lipinski definition) is 6. The molecule has 1 fully saturated rings. The summed E-state index contributed by atoms with van der Waals surface area (Å²) < 4.78 is 1.83. The van der Waals surface area contributed by atoms with Crippen LogP contribution in [0.4, 0.5) is 0 Å². The van der Waals surface area contributed by atoms with Gasteiger partial charge in [-0.2, -0.15) is 5.10 Å². The SMILES string of the molecule is CN(C)C(=O)c1sc2nccnc2c1C1CCN(Cc2cnn(C)c2)C1. The van der Waals surface area contributed by atoms with E-state index in [1.165, 1.54) is 16.9 Å². The highest BCUT2D eigenvalue weighted by atomic mass is 32.1. The van der Waals surface area contributed by atoms with Crippen LogP contribution in [0.5, 0.6) is 0 Å². The summed E-state index contributed by atoms with van der Waals surface area (Å²) in [5.74, 6) is 0.339. The van der Waals surface area contributed by atoms with Crippen molar-refractivity contribution in [3.05, 3.63) is 40.8 Å². The smallest absolute Gasteiger partial charge is 0.263 e. The molecule has 0 bridgehead atoms. The van der Waals surface area contributed by atoms with E-state index in [0.717, 1.165) is 46.8 Å². The molecule has 1 atom stereocenters. The summed E-state index contributed by atoms with van der Waals surface area (Å²) in [5.41, 5.74) is 3.18. The second kappa shape index (κ2) is 6.77. The third-order valence-electron chi connectivity index (χ3n) is 4.81. The predicted molar refractivity (Wildman–Crippen MR) is 101 cm³/mol. The van der Waals surface area contributed by atoms with E-state index < -0.39 is 0 Å². The molecule has 1 unspecified atom stereocenters. The first-order valence-electron chi connectivity index (χ1n) is 8.68. The van der Waals surface area contributed by atoms with E-state index in [4.69, 9.17) is 0 Å². The van der Waals surface area contributed by atoms with Crippen molar-refractivity contribution in [2.75, 3.05) is 27.2 Å². The molecule has 136 valence electrons. The summed E-state index contributed by atoms with van der Waals surface area (Å²) in [6.45, 7) is 2.81. The van der Waals surface area contributed by atoms with Gasteiger partial charge in [-0.25, -0.2) is 4.98 Å². The van der Waals surface area contributed by atoms with Gasteiger partial charge in [0.15, 0.2) is 0 Å². The Morgan fingerprint density at radius 2 is 2.15 bits per heavy atom. The summed E-state index contributed by atoms with van der Waals surface area (Å²) >= 11 is 1.46. The third kappa shape index (κ3) is 3.10. The molecule has 1 amide bonds. The van der Waals surface area contributed by atoms with Crippen LogP contribution in [0.2, 0.25) is 0 Å². The first kappa shape index (κ1) is 17.1. The first-order valence-corrected chi connectivity index (χ1v) is 9.49. The average Bonchev–Trinajstić information content (AvgIpc) is 3.32. The number of thiophene rings is 1. The Morgan fingerprint density at radius 3 is 2.88 bits per heavy atom. The van der Waals surface area contributed by atoms with Crippen LogP contribution in [0.15, 0.2) is 24.8 Å². The summed E-state index contributed by atoms with van der Waals surface area (Å²) in [7, 11) is 5.52. The molecule has 0 spiro atoms. The lowest BCUT2D eigenvalue weighted by Gasteiger charge is -2.16. The molecule has 0 saturated carbocycles. The lowest BCUT2D eigenvalue weighted by Crippen LogP contribution is -2.23. The molecular formula is C18H22N6OS. The minimum absolute atomic E-state index is 0.0375. The van der Waals surface area contributed by atoms with E-state index in [1.54, 1.807) is 31.4 Å². The molecule has 0 aliphatic carbocycles. The zero-order chi connectivity index (χ0) is 18.3. The van der Waals surface area contributed by atoms with Crippen molar-refractivity contribution < 1.29 is 4.79 Å². The van der Waals surface area contributed by atoms with Crippen molar-refractivity contribution in [1.82, 2.24) is 29.5 Å². The Labute approximate surface area is 156 Å². The topological polar surface area (TPSA) is 67.2 Å². The summed E-state index contributed by atoms with van der Waals surface area (Å²) in [5, 5.41) is 4.25. The number of hydrogen-bond donors (Lipinski definition) is 0. The van der Waals surface area contributed by atoms with Gasteiger partial charge in [0, 0.05) is 69.9 Å². The molecule has 0 N–H and O–H groups in total. The van der Waals surface area contributed by atoms with Gasteiger partial charge >= 0.3 is 0 Å². The number of rotatable bonds is 4. The highest BCUT2D eigenvalue weighted by Gasteiger charge is 2.32. The number of aryl methyl sites for hydroxylation is 1. The predicted octanol–water partition coefficient (Wildman–Crippen LogP) is 2.12. The van der Waals surface area contributed by atoms with Gasteiger partial charge in [-0.3, -0.25) is 19.4 Å². The number of carbonyl (C=O) groups is 1. The fourth-order valence-electron chi connectivity index (χ4n) is 3.61. The number of nitrogens with zero attached hydrogens (tertiary/aromatic N) is 6. The molecule has 8 heteroatoms. The molecule has 4 heterocycles. The molecule has 4 rings (SSSR count). The first-order chi connectivity index (χ1) is 12.5. The van der Waals surface area contributed by atoms with Gasteiger partial charge in [0.1, 0.15) is 10.3 Å². The highest BCUT2D eigenvalue weighted by molar-refractivity contribution is 7.20. The number of likely N-dealkylation sites (tertiary alicyclic amines) is 1. The lowest BCUT2D eigenvalue weighted by molar-refractivity contribution is 0.0831. The highest BCUT2D eigenvalue weighted by Crippen LogP contribution is 2.39. The minimum Gasteiger partial charge on any atom is -0.344 e. The Kier molecular flexibility index (Phi) is 4.46. The van der Waals surface area contributed by atoms with Gasteiger partial charge in [-0.15, -0.1) is 11.3 Å². The number of fused-ring (bicyclic) bond motifs is 1. The molecule has 1 saturated heterocycles. The Balaban J connectivity index is 1.63. The molecule has 0 aromatic carbocycles. The molecule has 26 heavy (non-hydrogen) atoms. The van der Waals surface area contributed by atoms with Gasteiger partial charge in [0.2, 0.25) is 0 Å². The quantitative estimate of drug-likeness (QED) is 0.704. The van der Waals surface area contributed by atoms with Crippen molar-refractivity contribution in [2.45, 2.75) is 18.9 Å². The third-order valence-corrected chi connectivity index (χ3v) is 5.90. The minimum atomic E-state index is 0.0375. The Morgan fingerprint density at radius 1 is 1.35 bits per heavy atom. The molecule has 3 aromatic rings. The zero-order valence-electron chi connectivity index (χ0n) is 15.2. The van der Waals surface area contributed by atoms with Crippen molar-refractivity contribution in [1.29, 1.82) is 0 Å². The van der Waals surface area contributed by atoms with Crippen LogP contribution in [-0.2, 0) is 13.6 Å². The van der Waals surface area contributed by atoms with Gasteiger partial charge in [0.05, 0.1) is 11.1 Å². The van der Waals surface area contributed by atoms with Crippen LogP contribution in [0, 0.1) is 0 Å².